The smallest absolute Gasteiger partial charge is 0.173 e. The van der Waals surface area contributed by atoms with E-state index in [0.29, 0.717) is 5.75 Å². The second-order valence-corrected chi connectivity index (χ2v) is 5.51. The maximum absolute atomic E-state index is 12.1. The summed E-state index contributed by atoms with van der Waals surface area (Å²) in [5.74, 6) is 0.643. The molecule has 2 aromatic carbocycles. The van der Waals surface area contributed by atoms with Crippen LogP contribution in [0.5, 0.6) is 0 Å². The van der Waals surface area contributed by atoms with Crippen molar-refractivity contribution in [2.24, 2.45) is 0 Å². The summed E-state index contributed by atoms with van der Waals surface area (Å²) in [6.07, 6.45) is 0. The number of anilines is 1. The van der Waals surface area contributed by atoms with E-state index in [1.807, 2.05) is 73.6 Å². The van der Waals surface area contributed by atoms with Gasteiger partial charge in [-0.15, -0.1) is 11.8 Å². The molecular formula is C16H17NOS. The van der Waals surface area contributed by atoms with Gasteiger partial charge in [-0.05, 0) is 36.4 Å². The molecule has 3 heteroatoms. The maximum atomic E-state index is 12.1. The minimum absolute atomic E-state index is 0.166. The van der Waals surface area contributed by atoms with Crippen LogP contribution in [0.15, 0.2) is 59.5 Å². The summed E-state index contributed by atoms with van der Waals surface area (Å²) in [6.45, 7) is 0. The van der Waals surface area contributed by atoms with Crippen molar-refractivity contribution in [3.05, 3.63) is 60.2 Å². The number of nitrogens with zero attached hydrogens (tertiary/aromatic N) is 1. The zero-order chi connectivity index (χ0) is 13.7. The minimum Gasteiger partial charge on any atom is -0.378 e. The standard InChI is InChI=1S/C16H17NOS/c1-17(2)14-10-8-13(9-11-14)16(18)12-19-15-6-4-3-5-7-15/h3-11H,12H2,1-2H3. The normalized spacial score (nSPS) is 10.2. The van der Waals surface area contributed by atoms with Crippen LogP contribution < -0.4 is 4.90 Å². The molecule has 0 saturated heterocycles. The van der Waals surface area contributed by atoms with Crippen LogP contribution in [-0.2, 0) is 0 Å². The molecule has 0 N–H and O–H groups in total. The van der Waals surface area contributed by atoms with E-state index in [1.165, 1.54) is 0 Å². The predicted molar refractivity (Wildman–Crippen MR) is 82.3 cm³/mol. The molecule has 0 bridgehead atoms. The fourth-order valence-corrected chi connectivity index (χ4v) is 2.51. The Morgan fingerprint density at radius 2 is 1.63 bits per heavy atom. The first-order valence-corrected chi connectivity index (χ1v) is 7.14. The van der Waals surface area contributed by atoms with Gasteiger partial charge in [0.1, 0.15) is 0 Å². The Morgan fingerprint density at radius 1 is 1.00 bits per heavy atom. The SMILES string of the molecule is CN(C)c1ccc(C(=O)CSc2ccccc2)cc1. The average Bonchev–Trinajstić information content (AvgIpc) is 2.46. The largest absolute Gasteiger partial charge is 0.378 e. The number of thioether (sulfide) groups is 1. The van der Waals surface area contributed by atoms with Gasteiger partial charge in [0.05, 0.1) is 5.75 Å². The van der Waals surface area contributed by atoms with Gasteiger partial charge in [0.25, 0.3) is 0 Å². The van der Waals surface area contributed by atoms with E-state index in [0.717, 1.165) is 16.1 Å². The first-order chi connectivity index (χ1) is 9.16. The number of carbonyl (C=O) groups excluding carboxylic acids is 1. The molecule has 0 fully saturated rings. The van der Waals surface area contributed by atoms with E-state index in [1.54, 1.807) is 11.8 Å². The van der Waals surface area contributed by atoms with Gasteiger partial charge in [-0.1, -0.05) is 18.2 Å². The lowest BCUT2D eigenvalue weighted by molar-refractivity contribution is 0.102. The van der Waals surface area contributed by atoms with Crippen molar-refractivity contribution in [2.45, 2.75) is 4.90 Å². The summed E-state index contributed by atoms with van der Waals surface area (Å²) >= 11 is 1.57. The maximum Gasteiger partial charge on any atom is 0.173 e. The molecule has 2 rings (SSSR count). The minimum atomic E-state index is 0.166. The van der Waals surface area contributed by atoms with Gasteiger partial charge >= 0.3 is 0 Å². The van der Waals surface area contributed by atoms with Crippen LogP contribution in [0.3, 0.4) is 0 Å². The van der Waals surface area contributed by atoms with Gasteiger partial charge < -0.3 is 4.90 Å². The monoisotopic (exact) mass is 271 g/mol. The molecule has 0 spiro atoms. The second-order valence-electron chi connectivity index (χ2n) is 4.47. The van der Waals surface area contributed by atoms with Gasteiger partial charge in [-0.3, -0.25) is 4.79 Å². The third-order valence-electron chi connectivity index (χ3n) is 2.82. The number of ketones is 1. The molecule has 19 heavy (non-hydrogen) atoms. The topological polar surface area (TPSA) is 20.3 Å². The van der Waals surface area contributed by atoms with E-state index in [9.17, 15) is 4.79 Å². The van der Waals surface area contributed by atoms with Crippen molar-refractivity contribution < 1.29 is 4.79 Å². The number of Topliss-reactive ketones (excluding diaryl/α,β-unsaturated/α-hetero) is 1. The van der Waals surface area contributed by atoms with Crippen LogP contribution in [0.1, 0.15) is 10.4 Å². The number of carbonyl (C=O) groups is 1. The lowest BCUT2D eigenvalue weighted by atomic mass is 10.1. The third-order valence-corrected chi connectivity index (χ3v) is 3.83. The van der Waals surface area contributed by atoms with Crippen molar-refractivity contribution in [3.63, 3.8) is 0 Å². The van der Waals surface area contributed by atoms with Crippen LogP contribution >= 0.6 is 11.8 Å². The van der Waals surface area contributed by atoms with Crippen molar-refractivity contribution in [1.82, 2.24) is 0 Å². The number of rotatable bonds is 5. The first kappa shape index (κ1) is 13.7. The van der Waals surface area contributed by atoms with Crippen LogP contribution in [0.4, 0.5) is 5.69 Å². The summed E-state index contributed by atoms with van der Waals surface area (Å²) in [6, 6.07) is 17.7. The lowest BCUT2D eigenvalue weighted by Crippen LogP contribution is -2.09. The summed E-state index contributed by atoms with van der Waals surface area (Å²) in [5, 5.41) is 0. The molecular weight excluding hydrogens is 254 g/mol. The van der Waals surface area contributed by atoms with Crippen LogP contribution in [0.25, 0.3) is 0 Å². The number of hydrogen-bond donors (Lipinski definition) is 0. The molecule has 0 radical (unpaired) electrons. The molecule has 2 aromatic rings. The Hall–Kier alpha value is -1.74. The zero-order valence-electron chi connectivity index (χ0n) is 11.2. The van der Waals surface area contributed by atoms with Gasteiger partial charge in [0, 0.05) is 30.2 Å². The van der Waals surface area contributed by atoms with E-state index in [-0.39, 0.29) is 5.78 Å². The summed E-state index contributed by atoms with van der Waals surface area (Å²) in [5.41, 5.74) is 1.88. The highest BCUT2D eigenvalue weighted by atomic mass is 32.2. The quantitative estimate of drug-likeness (QED) is 0.610. The summed E-state index contributed by atoms with van der Waals surface area (Å²) in [4.78, 5) is 15.2. The Morgan fingerprint density at radius 3 is 2.21 bits per heavy atom. The van der Waals surface area contributed by atoms with Crippen LogP contribution in [-0.4, -0.2) is 25.6 Å². The van der Waals surface area contributed by atoms with E-state index < -0.39 is 0 Å². The molecule has 0 atom stereocenters. The third kappa shape index (κ3) is 3.86. The lowest BCUT2D eigenvalue weighted by Gasteiger charge is -2.12. The molecule has 0 aliphatic rings. The Kier molecular flexibility index (Phi) is 4.63. The molecule has 0 amide bonds. The highest BCUT2D eigenvalue weighted by molar-refractivity contribution is 8.00. The number of hydrogen-bond acceptors (Lipinski definition) is 3. The summed E-state index contributed by atoms with van der Waals surface area (Å²) in [7, 11) is 3.98. The van der Waals surface area contributed by atoms with Crippen molar-refractivity contribution in [3.8, 4) is 0 Å². The van der Waals surface area contributed by atoms with Crippen molar-refractivity contribution in [1.29, 1.82) is 0 Å². The van der Waals surface area contributed by atoms with Gasteiger partial charge in [-0.2, -0.15) is 0 Å². The fraction of sp³-hybridized carbons (Fsp3) is 0.188. The van der Waals surface area contributed by atoms with Crippen molar-refractivity contribution >= 4 is 23.2 Å². The second kappa shape index (κ2) is 6.43. The molecule has 0 aromatic heterocycles. The average molecular weight is 271 g/mol. The first-order valence-electron chi connectivity index (χ1n) is 6.15. The zero-order valence-corrected chi connectivity index (χ0v) is 12.0. The number of benzene rings is 2. The molecule has 0 heterocycles. The molecule has 2 nitrogen and oxygen atoms in total. The predicted octanol–water partition coefficient (Wildman–Crippen LogP) is 3.73. The van der Waals surface area contributed by atoms with E-state index in [2.05, 4.69) is 0 Å². The molecule has 0 unspecified atom stereocenters. The summed E-state index contributed by atoms with van der Waals surface area (Å²) < 4.78 is 0. The molecule has 98 valence electrons. The van der Waals surface area contributed by atoms with Crippen LogP contribution in [0, 0.1) is 0 Å². The van der Waals surface area contributed by atoms with Crippen molar-refractivity contribution in [2.75, 3.05) is 24.7 Å². The van der Waals surface area contributed by atoms with Gasteiger partial charge in [-0.25, -0.2) is 0 Å². The highest BCUT2D eigenvalue weighted by Crippen LogP contribution is 2.19. The van der Waals surface area contributed by atoms with Crippen LogP contribution in [0.2, 0.25) is 0 Å². The van der Waals surface area contributed by atoms with E-state index in [4.69, 9.17) is 0 Å². The van der Waals surface area contributed by atoms with Gasteiger partial charge in [0.15, 0.2) is 5.78 Å². The highest BCUT2D eigenvalue weighted by Gasteiger charge is 2.06. The molecule has 0 aliphatic heterocycles. The molecule has 0 saturated carbocycles. The Bertz CT molecular complexity index is 534. The molecule has 0 aliphatic carbocycles. The Balaban J connectivity index is 1.96. The fourth-order valence-electron chi connectivity index (χ4n) is 1.69. The van der Waals surface area contributed by atoms with E-state index >= 15 is 0 Å². The van der Waals surface area contributed by atoms with Gasteiger partial charge in [0.2, 0.25) is 0 Å². The Labute approximate surface area is 118 Å².